The number of ketones is 1. The molecule has 3 heteroatoms. The van der Waals surface area contributed by atoms with Gasteiger partial charge in [-0.2, -0.15) is 0 Å². The molecule has 88 valence electrons. The fourth-order valence-corrected chi connectivity index (χ4v) is 1.67. The molecule has 0 radical (unpaired) electrons. The summed E-state index contributed by atoms with van der Waals surface area (Å²) in [4.78, 5) is 19.2. The van der Waals surface area contributed by atoms with E-state index >= 15 is 0 Å². The summed E-state index contributed by atoms with van der Waals surface area (Å²) in [5.74, 6) is 0.152. The molecule has 0 amide bonds. The zero-order valence-corrected chi connectivity index (χ0v) is 10.3. The fraction of sp³-hybridized carbons (Fsp3) is 0.286. The summed E-state index contributed by atoms with van der Waals surface area (Å²) in [7, 11) is 0. The highest BCUT2D eigenvalue weighted by molar-refractivity contribution is 6.00. The first-order chi connectivity index (χ1) is 7.98. The molecule has 1 aromatic carbocycles. The Morgan fingerprint density at radius 2 is 2.06 bits per heavy atom. The summed E-state index contributed by atoms with van der Waals surface area (Å²) in [5.41, 5.74) is 2.29. The van der Waals surface area contributed by atoms with Crippen LogP contribution in [0.15, 0.2) is 36.8 Å². The highest BCUT2D eigenvalue weighted by Gasteiger charge is 2.22. The van der Waals surface area contributed by atoms with Gasteiger partial charge in [0, 0.05) is 16.5 Å². The van der Waals surface area contributed by atoms with Crippen LogP contribution in [0.25, 0.3) is 11.3 Å². The maximum absolute atomic E-state index is 12.2. The van der Waals surface area contributed by atoms with Crippen molar-refractivity contribution in [3.63, 3.8) is 0 Å². The van der Waals surface area contributed by atoms with Crippen LogP contribution in [0.4, 0.5) is 0 Å². The number of nitrogens with one attached hydrogen (secondary N) is 1. The third kappa shape index (κ3) is 2.44. The Labute approximate surface area is 101 Å². The Hall–Kier alpha value is -1.90. The normalized spacial score (nSPS) is 11.5. The average Bonchev–Trinajstić information content (AvgIpc) is 2.80. The fourth-order valence-electron chi connectivity index (χ4n) is 1.67. The molecule has 0 aliphatic carbocycles. The maximum atomic E-state index is 12.2. The Bertz CT molecular complexity index is 521. The van der Waals surface area contributed by atoms with Gasteiger partial charge in [0.1, 0.15) is 0 Å². The predicted octanol–water partition coefficient (Wildman–Crippen LogP) is 3.31. The number of rotatable bonds is 2. The van der Waals surface area contributed by atoms with Gasteiger partial charge >= 0.3 is 0 Å². The van der Waals surface area contributed by atoms with Gasteiger partial charge in [-0.15, -0.1) is 0 Å². The highest BCUT2D eigenvalue weighted by atomic mass is 16.1. The minimum atomic E-state index is -0.355. The van der Waals surface area contributed by atoms with Crippen LogP contribution in [-0.2, 0) is 0 Å². The Morgan fingerprint density at radius 3 is 2.65 bits per heavy atom. The number of Topliss-reactive ketones (excluding diaryl/α,β-unsaturated/α-hetero) is 1. The molecule has 3 nitrogen and oxygen atoms in total. The molecule has 17 heavy (non-hydrogen) atoms. The number of aromatic nitrogens is 2. The van der Waals surface area contributed by atoms with Gasteiger partial charge in [-0.05, 0) is 6.07 Å². The lowest BCUT2D eigenvalue weighted by Crippen LogP contribution is -2.20. The third-order valence-corrected chi connectivity index (χ3v) is 2.62. The summed E-state index contributed by atoms with van der Waals surface area (Å²) < 4.78 is 0. The molecule has 0 aliphatic heterocycles. The van der Waals surface area contributed by atoms with Gasteiger partial charge < -0.3 is 4.98 Å². The van der Waals surface area contributed by atoms with Crippen molar-refractivity contribution in [3.8, 4) is 11.3 Å². The molecule has 0 unspecified atom stereocenters. The van der Waals surface area contributed by atoms with Crippen LogP contribution in [0.3, 0.4) is 0 Å². The van der Waals surface area contributed by atoms with Crippen LogP contribution >= 0.6 is 0 Å². The van der Waals surface area contributed by atoms with Gasteiger partial charge in [0.15, 0.2) is 5.78 Å². The first kappa shape index (κ1) is 11.6. The molecule has 0 saturated heterocycles. The number of benzene rings is 1. The lowest BCUT2D eigenvalue weighted by atomic mass is 9.86. The SMILES string of the molecule is CC(C)(C)C(=O)c1cccc(-c2cnc[nH]2)c1. The quantitative estimate of drug-likeness (QED) is 0.801. The molecule has 0 bridgehead atoms. The van der Waals surface area contributed by atoms with Crippen molar-refractivity contribution in [1.82, 2.24) is 9.97 Å². The first-order valence-electron chi connectivity index (χ1n) is 5.62. The molecule has 0 atom stereocenters. The molecule has 0 aliphatic rings. The van der Waals surface area contributed by atoms with E-state index in [1.54, 1.807) is 12.5 Å². The average molecular weight is 228 g/mol. The van der Waals surface area contributed by atoms with Crippen molar-refractivity contribution >= 4 is 5.78 Å². The minimum absolute atomic E-state index is 0.152. The van der Waals surface area contributed by atoms with E-state index in [1.807, 2.05) is 45.0 Å². The van der Waals surface area contributed by atoms with Gasteiger partial charge in [0.2, 0.25) is 0 Å². The smallest absolute Gasteiger partial charge is 0.168 e. The second-order valence-corrected chi connectivity index (χ2v) is 5.13. The molecular weight excluding hydrogens is 212 g/mol. The summed E-state index contributed by atoms with van der Waals surface area (Å²) in [6, 6.07) is 7.62. The molecule has 0 saturated carbocycles. The van der Waals surface area contributed by atoms with E-state index in [0.29, 0.717) is 0 Å². The molecular formula is C14H16N2O. The van der Waals surface area contributed by atoms with E-state index < -0.39 is 0 Å². The highest BCUT2D eigenvalue weighted by Crippen LogP contribution is 2.24. The van der Waals surface area contributed by atoms with E-state index in [-0.39, 0.29) is 11.2 Å². The number of carbonyl (C=O) groups excluding carboxylic acids is 1. The van der Waals surface area contributed by atoms with Crippen molar-refractivity contribution in [2.75, 3.05) is 0 Å². The lowest BCUT2D eigenvalue weighted by molar-refractivity contribution is 0.0858. The largest absolute Gasteiger partial charge is 0.345 e. The molecule has 1 N–H and O–H groups in total. The Balaban J connectivity index is 2.39. The number of carbonyl (C=O) groups is 1. The molecule has 0 fully saturated rings. The van der Waals surface area contributed by atoms with E-state index in [1.165, 1.54) is 0 Å². The van der Waals surface area contributed by atoms with Crippen LogP contribution < -0.4 is 0 Å². The van der Waals surface area contributed by atoms with Crippen molar-refractivity contribution in [3.05, 3.63) is 42.4 Å². The zero-order chi connectivity index (χ0) is 12.5. The van der Waals surface area contributed by atoms with Crippen molar-refractivity contribution < 1.29 is 4.79 Å². The number of nitrogens with zero attached hydrogens (tertiary/aromatic N) is 1. The summed E-state index contributed by atoms with van der Waals surface area (Å²) >= 11 is 0. The molecule has 0 spiro atoms. The van der Waals surface area contributed by atoms with Crippen LogP contribution in [0.5, 0.6) is 0 Å². The Kier molecular flexibility index (Phi) is 2.84. The van der Waals surface area contributed by atoms with Gasteiger partial charge in [-0.25, -0.2) is 4.98 Å². The second kappa shape index (κ2) is 4.17. The molecule has 1 heterocycles. The number of H-pyrrole nitrogens is 1. The van der Waals surface area contributed by atoms with E-state index in [4.69, 9.17) is 0 Å². The van der Waals surface area contributed by atoms with E-state index in [9.17, 15) is 4.79 Å². The minimum Gasteiger partial charge on any atom is -0.345 e. The van der Waals surface area contributed by atoms with Gasteiger partial charge in [0.25, 0.3) is 0 Å². The maximum Gasteiger partial charge on any atom is 0.168 e. The van der Waals surface area contributed by atoms with Crippen LogP contribution in [0.2, 0.25) is 0 Å². The standard InChI is InChI=1S/C14H16N2O/c1-14(2,3)13(17)11-6-4-5-10(7-11)12-8-15-9-16-12/h4-9H,1-3H3,(H,15,16). The van der Waals surface area contributed by atoms with Crippen LogP contribution in [0.1, 0.15) is 31.1 Å². The van der Waals surface area contributed by atoms with Crippen molar-refractivity contribution in [2.45, 2.75) is 20.8 Å². The summed E-state index contributed by atoms with van der Waals surface area (Å²) in [6.07, 6.45) is 3.38. The van der Waals surface area contributed by atoms with Gasteiger partial charge in [-0.3, -0.25) is 4.79 Å². The van der Waals surface area contributed by atoms with Crippen molar-refractivity contribution in [2.24, 2.45) is 5.41 Å². The predicted molar refractivity (Wildman–Crippen MR) is 67.8 cm³/mol. The third-order valence-electron chi connectivity index (χ3n) is 2.62. The van der Waals surface area contributed by atoms with E-state index in [0.717, 1.165) is 16.8 Å². The Morgan fingerprint density at radius 1 is 1.29 bits per heavy atom. The number of aromatic amines is 1. The monoisotopic (exact) mass is 228 g/mol. The van der Waals surface area contributed by atoms with Crippen molar-refractivity contribution in [1.29, 1.82) is 0 Å². The zero-order valence-electron chi connectivity index (χ0n) is 10.3. The van der Waals surface area contributed by atoms with Gasteiger partial charge in [0.05, 0.1) is 18.2 Å². The number of hydrogen-bond acceptors (Lipinski definition) is 2. The van der Waals surface area contributed by atoms with Crippen LogP contribution in [0, 0.1) is 5.41 Å². The molecule has 2 aromatic rings. The van der Waals surface area contributed by atoms with Crippen LogP contribution in [-0.4, -0.2) is 15.8 Å². The lowest BCUT2D eigenvalue weighted by Gasteiger charge is -2.16. The topological polar surface area (TPSA) is 45.8 Å². The van der Waals surface area contributed by atoms with Gasteiger partial charge in [-0.1, -0.05) is 39.0 Å². The number of hydrogen-bond donors (Lipinski definition) is 1. The number of imidazole rings is 1. The summed E-state index contributed by atoms with van der Waals surface area (Å²) in [6.45, 7) is 5.79. The second-order valence-electron chi connectivity index (χ2n) is 5.13. The van der Waals surface area contributed by atoms with E-state index in [2.05, 4.69) is 9.97 Å². The molecule has 1 aromatic heterocycles. The summed E-state index contributed by atoms with van der Waals surface area (Å²) in [5, 5.41) is 0. The first-order valence-corrected chi connectivity index (χ1v) is 5.62. The molecule has 2 rings (SSSR count).